The molecule has 0 aliphatic carbocycles. The summed E-state index contributed by atoms with van der Waals surface area (Å²) in [5.41, 5.74) is 0. The van der Waals surface area contributed by atoms with Gasteiger partial charge in [0, 0.05) is 0 Å². The molecule has 50 valence electrons. The summed E-state index contributed by atoms with van der Waals surface area (Å²) in [6.07, 6.45) is 2.64. The summed E-state index contributed by atoms with van der Waals surface area (Å²) in [6, 6.07) is 0. The SMILES string of the molecule is CCCC.O=[P+]([O-])Cl. The average molecular weight is 157 g/mol. The fraction of sp³-hybridized carbons (Fsp3) is 1.00. The van der Waals surface area contributed by atoms with Crippen LogP contribution in [-0.2, 0) is 4.57 Å². The lowest BCUT2D eigenvalue weighted by Crippen LogP contribution is -1.73. The Labute approximate surface area is 55.5 Å². The van der Waals surface area contributed by atoms with Crippen LogP contribution in [0.1, 0.15) is 26.7 Å². The summed E-state index contributed by atoms with van der Waals surface area (Å²) < 4.78 is 8.80. The zero-order chi connectivity index (χ0) is 6.99. The van der Waals surface area contributed by atoms with E-state index in [9.17, 15) is 0 Å². The van der Waals surface area contributed by atoms with E-state index >= 15 is 0 Å². The van der Waals surface area contributed by atoms with E-state index in [0.717, 1.165) is 0 Å². The molecule has 0 saturated heterocycles. The highest BCUT2D eigenvalue weighted by Gasteiger charge is 1.77. The average Bonchev–Trinajstić information content (AvgIpc) is 1.65. The van der Waals surface area contributed by atoms with Crippen molar-refractivity contribution < 1.29 is 9.46 Å². The molecular weight excluding hydrogens is 146 g/mol. The first-order valence-electron chi connectivity index (χ1n) is 2.45. The highest BCUT2D eigenvalue weighted by atomic mass is 35.7. The molecule has 0 aromatic rings. The van der Waals surface area contributed by atoms with Gasteiger partial charge in [0.1, 0.15) is 0 Å². The van der Waals surface area contributed by atoms with Crippen LogP contribution < -0.4 is 4.89 Å². The van der Waals surface area contributed by atoms with Gasteiger partial charge < -0.3 is 4.89 Å². The first kappa shape index (κ1) is 11.2. The van der Waals surface area contributed by atoms with E-state index in [1.165, 1.54) is 12.8 Å². The maximum atomic E-state index is 8.80. The van der Waals surface area contributed by atoms with Crippen molar-refractivity contribution in [3.05, 3.63) is 0 Å². The third-order valence-electron chi connectivity index (χ3n) is 0.500. The first-order chi connectivity index (χ1) is 3.65. The van der Waals surface area contributed by atoms with Gasteiger partial charge in [-0.15, -0.1) is 0 Å². The van der Waals surface area contributed by atoms with Crippen LogP contribution in [0, 0.1) is 0 Å². The molecule has 1 unspecified atom stereocenters. The summed E-state index contributed by atoms with van der Waals surface area (Å²) >= 11 is 4.23. The van der Waals surface area contributed by atoms with Gasteiger partial charge in [0.05, 0.1) is 0 Å². The Morgan fingerprint density at radius 1 is 1.50 bits per heavy atom. The van der Waals surface area contributed by atoms with Gasteiger partial charge >= 0.3 is 7.38 Å². The molecule has 0 amide bonds. The zero-order valence-corrected chi connectivity index (χ0v) is 6.71. The number of hydrogen-bond acceptors (Lipinski definition) is 2. The third-order valence-corrected chi connectivity index (χ3v) is 0.500. The lowest BCUT2D eigenvalue weighted by Gasteiger charge is -1.68. The number of halogens is 1. The quantitative estimate of drug-likeness (QED) is 0.545. The van der Waals surface area contributed by atoms with Gasteiger partial charge in [-0.05, 0) is 0 Å². The minimum Gasteiger partial charge on any atom is -0.579 e. The number of unbranched alkanes of at least 4 members (excludes halogenated alkanes) is 1. The van der Waals surface area contributed by atoms with Crippen LogP contribution in [0.5, 0.6) is 0 Å². The topological polar surface area (TPSA) is 40.1 Å². The Morgan fingerprint density at radius 3 is 1.62 bits per heavy atom. The second-order valence-corrected chi connectivity index (χ2v) is 2.47. The van der Waals surface area contributed by atoms with Gasteiger partial charge in [0.25, 0.3) is 0 Å². The predicted molar refractivity (Wildman–Crippen MR) is 34.0 cm³/mol. The van der Waals surface area contributed by atoms with E-state index < -0.39 is 7.38 Å². The van der Waals surface area contributed by atoms with E-state index in [-0.39, 0.29) is 0 Å². The normalized spacial score (nSPS) is 9.25. The molecule has 0 aromatic carbocycles. The van der Waals surface area contributed by atoms with Crippen LogP contribution in [0.4, 0.5) is 0 Å². The highest BCUT2D eigenvalue weighted by Crippen LogP contribution is 2.10. The molecule has 0 heterocycles. The van der Waals surface area contributed by atoms with Gasteiger partial charge in [-0.2, -0.15) is 0 Å². The largest absolute Gasteiger partial charge is 0.579 e. The van der Waals surface area contributed by atoms with Crippen molar-refractivity contribution in [2.24, 2.45) is 0 Å². The fourth-order valence-electron chi connectivity index (χ4n) is 0. The summed E-state index contributed by atoms with van der Waals surface area (Å²) in [7, 11) is -2.65. The van der Waals surface area contributed by atoms with Crippen LogP contribution in [0.25, 0.3) is 0 Å². The van der Waals surface area contributed by atoms with Gasteiger partial charge in [-0.25, -0.2) is 0 Å². The molecule has 0 spiro atoms. The Morgan fingerprint density at radius 2 is 1.62 bits per heavy atom. The van der Waals surface area contributed by atoms with Crippen LogP contribution in [0.2, 0.25) is 0 Å². The van der Waals surface area contributed by atoms with Crippen LogP contribution in [0.15, 0.2) is 0 Å². The standard InChI is InChI=1S/C4H10.ClO2P/c1-3-4-2;1-4(2)3/h3-4H2,1-2H3;. The van der Waals surface area contributed by atoms with Crippen molar-refractivity contribution in [1.82, 2.24) is 0 Å². The fourth-order valence-corrected chi connectivity index (χ4v) is 0. The van der Waals surface area contributed by atoms with Crippen molar-refractivity contribution >= 4 is 18.6 Å². The van der Waals surface area contributed by atoms with Gasteiger partial charge in [0.15, 0.2) is 0 Å². The van der Waals surface area contributed by atoms with Gasteiger partial charge in [-0.1, -0.05) is 31.3 Å². The lowest BCUT2D eigenvalue weighted by atomic mass is 10.4. The zero-order valence-electron chi connectivity index (χ0n) is 5.06. The van der Waals surface area contributed by atoms with E-state index in [0.29, 0.717) is 0 Å². The molecule has 0 rings (SSSR count). The molecule has 2 nitrogen and oxygen atoms in total. The molecule has 1 atom stereocenters. The van der Waals surface area contributed by atoms with Crippen molar-refractivity contribution in [2.75, 3.05) is 0 Å². The van der Waals surface area contributed by atoms with Crippen molar-refractivity contribution in [3.8, 4) is 0 Å². The molecule has 4 heteroatoms. The molecule has 8 heavy (non-hydrogen) atoms. The first-order valence-corrected chi connectivity index (χ1v) is 4.53. The van der Waals surface area contributed by atoms with Crippen LogP contribution >= 0.6 is 18.6 Å². The molecule has 0 N–H and O–H groups in total. The number of hydrogen-bond donors (Lipinski definition) is 0. The molecule has 0 fully saturated rings. The molecule has 0 bridgehead atoms. The third kappa shape index (κ3) is 99.7. The lowest BCUT2D eigenvalue weighted by molar-refractivity contribution is -0.158. The minimum atomic E-state index is -2.65. The van der Waals surface area contributed by atoms with Crippen LogP contribution in [-0.4, -0.2) is 0 Å². The van der Waals surface area contributed by atoms with E-state index in [4.69, 9.17) is 9.46 Å². The Bertz CT molecular complexity index is 52.0. The Balaban J connectivity index is 0. The molecular formula is C4H10ClO2P. The predicted octanol–water partition coefficient (Wildman–Crippen LogP) is 2.05. The van der Waals surface area contributed by atoms with Crippen molar-refractivity contribution in [2.45, 2.75) is 26.7 Å². The smallest absolute Gasteiger partial charge is 0.430 e. The van der Waals surface area contributed by atoms with E-state index in [2.05, 4.69) is 25.1 Å². The maximum Gasteiger partial charge on any atom is 0.430 e. The van der Waals surface area contributed by atoms with Gasteiger partial charge in [0.2, 0.25) is 11.2 Å². The second kappa shape index (κ2) is 10.4. The summed E-state index contributed by atoms with van der Waals surface area (Å²) in [5.74, 6) is 0. The van der Waals surface area contributed by atoms with Crippen molar-refractivity contribution in [3.63, 3.8) is 0 Å². The summed E-state index contributed by atoms with van der Waals surface area (Å²) in [4.78, 5) is 8.80. The maximum absolute atomic E-state index is 8.80. The summed E-state index contributed by atoms with van der Waals surface area (Å²) in [5, 5.41) is 0. The molecule has 0 aromatic heterocycles. The Kier molecular flexibility index (Phi) is 14.5. The van der Waals surface area contributed by atoms with E-state index in [1.54, 1.807) is 0 Å². The van der Waals surface area contributed by atoms with Gasteiger partial charge in [-0.3, -0.25) is 0 Å². The number of rotatable bonds is 1. The minimum absolute atomic E-state index is 1.32. The second-order valence-electron chi connectivity index (χ2n) is 1.21. The van der Waals surface area contributed by atoms with Crippen molar-refractivity contribution in [1.29, 1.82) is 0 Å². The summed E-state index contributed by atoms with van der Waals surface area (Å²) in [6.45, 7) is 4.36. The Hall–Kier alpha value is 0.350. The monoisotopic (exact) mass is 156 g/mol. The molecule has 0 saturated carbocycles. The molecule has 0 aliphatic rings. The highest BCUT2D eigenvalue weighted by molar-refractivity contribution is 7.67. The molecule has 0 aliphatic heterocycles. The van der Waals surface area contributed by atoms with E-state index in [1.807, 2.05) is 0 Å². The molecule has 0 radical (unpaired) electrons. The van der Waals surface area contributed by atoms with Crippen LogP contribution in [0.3, 0.4) is 0 Å².